The van der Waals surface area contributed by atoms with E-state index >= 15 is 0 Å². The van der Waals surface area contributed by atoms with Crippen LogP contribution >= 0.6 is 0 Å². The van der Waals surface area contributed by atoms with Crippen molar-refractivity contribution in [3.8, 4) is 23.0 Å². The summed E-state index contributed by atoms with van der Waals surface area (Å²) in [6, 6.07) is 6.77. The molecule has 0 saturated carbocycles. The standard InChI is InChI=1S/C14H12O5/c1-7-8(3-2-4-10(7)15)12(17)9-5-6-11(16)14(19)13(9)18/h2-6,15-16,18-19H,1H3. The SMILES string of the molecule is Cc1c(O)cccc1C(=O)c1ccc(O)c(O)c1O. The highest BCUT2D eigenvalue weighted by Gasteiger charge is 2.20. The first-order valence-corrected chi connectivity index (χ1v) is 5.50. The highest BCUT2D eigenvalue weighted by Crippen LogP contribution is 2.38. The number of aromatic hydroxyl groups is 4. The van der Waals surface area contributed by atoms with Crippen LogP contribution in [-0.4, -0.2) is 26.2 Å². The van der Waals surface area contributed by atoms with Crippen LogP contribution in [0.2, 0.25) is 0 Å². The van der Waals surface area contributed by atoms with Crippen molar-refractivity contribution in [1.82, 2.24) is 0 Å². The van der Waals surface area contributed by atoms with E-state index in [1.54, 1.807) is 6.92 Å². The van der Waals surface area contributed by atoms with Gasteiger partial charge in [-0.1, -0.05) is 12.1 Å². The van der Waals surface area contributed by atoms with Crippen LogP contribution in [0.5, 0.6) is 23.0 Å². The van der Waals surface area contributed by atoms with Crippen molar-refractivity contribution in [3.63, 3.8) is 0 Å². The van der Waals surface area contributed by atoms with E-state index in [-0.39, 0.29) is 16.9 Å². The summed E-state index contributed by atoms with van der Waals surface area (Å²) in [7, 11) is 0. The summed E-state index contributed by atoms with van der Waals surface area (Å²) in [5.41, 5.74) is 0.434. The maximum absolute atomic E-state index is 12.2. The van der Waals surface area contributed by atoms with Crippen LogP contribution in [0.25, 0.3) is 0 Å². The molecule has 5 heteroatoms. The third-order valence-corrected chi connectivity index (χ3v) is 2.92. The molecule has 0 heterocycles. The van der Waals surface area contributed by atoms with Gasteiger partial charge in [-0.25, -0.2) is 0 Å². The van der Waals surface area contributed by atoms with Crippen LogP contribution in [0.4, 0.5) is 0 Å². The second kappa shape index (κ2) is 4.53. The molecular weight excluding hydrogens is 248 g/mol. The Kier molecular flexibility index (Phi) is 3.04. The molecule has 19 heavy (non-hydrogen) atoms. The van der Waals surface area contributed by atoms with Crippen molar-refractivity contribution in [2.75, 3.05) is 0 Å². The first-order chi connectivity index (χ1) is 8.93. The Balaban J connectivity index is 2.57. The lowest BCUT2D eigenvalue weighted by Gasteiger charge is -2.09. The second-order valence-corrected chi connectivity index (χ2v) is 4.11. The average molecular weight is 260 g/mol. The van der Waals surface area contributed by atoms with Gasteiger partial charge in [-0.05, 0) is 25.1 Å². The Bertz CT molecular complexity index is 661. The van der Waals surface area contributed by atoms with Crippen LogP contribution < -0.4 is 0 Å². The Morgan fingerprint density at radius 3 is 2.21 bits per heavy atom. The quantitative estimate of drug-likeness (QED) is 0.489. The van der Waals surface area contributed by atoms with Gasteiger partial charge in [0.1, 0.15) is 5.75 Å². The van der Waals surface area contributed by atoms with Gasteiger partial charge in [0, 0.05) is 11.1 Å². The van der Waals surface area contributed by atoms with E-state index < -0.39 is 23.0 Å². The topological polar surface area (TPSA) is 98.0 Å². The molecule has 0 saturated heterocycles. The number of ketones is 1. The van der Waals surface area contributed by atoms with Crippen LogP contribution in [0.1, 0.15) is 21.5 Å². The summed E-state index contributed by atoms with van der Waals surface area (Å²) in [6.07, 6.45) is 0. The molecule has 2 aromatic rings. The van der Waals surface area contributed by atoms with E-state index in [1.165, 1.54) is 24.3 Å². The van der Waals surface area contributed by atoms with Gasteiger partial charge < -0.3 is 20.4 Å². The molecule has 98 valence electrons. The van der Waals surface area contributed by atoms with Crippen molar-refractivity contribution in [2.24, 2.45) is 0 Å². The molecule has 0 aromatic heterocycles. The van der Waals surface area contributed by atoms with Crippen molar-refractivity contribution < 1.29 is 25.2 Å². The number of benzene rings is 2. The number of rotatable bonds is 2. The van der Waals surface area contributed by atoms with Gasteiger partial charge in [0.2, 0.25) is 5.75 Å². The van der Waals surface area contributed by atoms with E-state index in [9.17, 15) is 25.2 Å². The largest absolute Gasteiger partial charge is 0.508 e. The Morgan fingerprint density at radius 1 is 0.842 bits per heavy atom. The highest BCUT2D eigenvalue weighted by molar-refractivity contribution is 6.12. The molecule has 0 bridgehead atoms. The number of phenols is 4. The Labute approximate surface area is 109 Å². The fraction of sp³-hybridized carbons (Fsp3) is 0.0714. The van der Waals surface area contributed by atoms with E-state index in [4.69, 9.17) is 0 Å². The molecule has 0 radical (unpaired) electrons. The van der Waals surface area contributed by atoms with Gasteiger partial charge in [0.05, 0.1) is 5.56 Å². The maximum Gasteiger partial charge on any atom is 0.201 e. The molecule has 0 amide bonds. The van der Waals surface area contributed by atoms with Crippen LogP contribution in [0.15, 0.2) is 30.3 Å². The van der Waals surface area contributed by atoms with E-state index in [0.29, 0.717) is 5.56 Å². The lowest BCUT2D eigenvalue weighted by atomic mass is 9.97. The predicted molar refractivity (Wildman–Crippen MR) is 67.7 cm³/mol. The monoisotopic (exact) mass is 260 g/mol. The van der Waals surface area contributed by atoms with Crippen molar-refractivity contribution in [3.05, 3.63) is 47.0 Å². The van der Waals surface area contributed by atoms with Crippen molar-refractivity contribution in [1.29, 1.82) is 0 Å². The molecular formula is C14H12O5. The van der Waals surface area contributed by atoms with Crippen LogP contribution in [0, 0.1) is 6.92 Å². The van der Waals surface area contributed by atoms with Crippen LogP contribution in [0.3, 0.4) is 0 Å². The molecule has 4 N–H and O–H groups in total. The minimum absolute atomic E-state index is 0.0339. The van der Waals surface area contributed by atoms with Gasteiger partial charge in [-0.3, -0.25) is 4.79 Å². The van der Waals surface area contributed by atoms with E-state index in [0.717, 1.165) is 6.07 Å². The lowest BCUT2D eigenvalue weighted by molar-refractivity contribution is 0.103. The minimum atomic E-state index is -0.747. The highest BCUT2D eigenvalue weighted by atomic mass is 16.3. The number of carbonyl (C=O) groups is 1. The zero-order valence-corrected chi connectivity index (χ0v) is 10.1. The predicted octanol–water partition coefficient (Wildman–Crippen LogP) is 2.05. The molecule has 2 rings (SSSR count). The molecule has 5 nitrogen and oxygen atoms in total. The third-order valence-electron chi connectivity index (χ3n) is 2.92. The maximum atomic E-state index is 12.2. The second-order valence-electron chi connectivity index (χ2n) is 4.11. The molecule has 0 unspecified atom stereocenters. The normalized spacial score (nSPS) is 10.4. The fourth-order valence-corrected chi connectivity index (χ4v) is 1.77. The first kappa shape index (κ1) is 12.8. The molecule has 0 aliphatic rings. The van der Waals surface area contributed by atoms with E-state index in [2.05, 4.69) is 0 Å². The number of carbonyl (C=O) groups excluding carboxylic acids is 1. The number of hydrogen-bond acceptors (Lipinski definition) is 5. The molecule has 0 aliphatic heterocycles. The fourth-order valence-electron chi connectivity index (χ4n) is 1.77. The van der Waals surface area contributed by atoms with Crippen LogP contribution in [-0.2, 0) is 0 Å². The molecule has 0 atom stereocenters. The smallest absolute Gasteiger partial charge is 0.201 e. The summed E-state index contributed by atoms with van der Waals surface area (Å²) in [6.45, 7) is 1.57. The average Bonchev–Trinajstić information content (AvgIpc) is 2.39. The summed E-state index contributed by atoms with van der Waals surface area (Å²) in [5, 5.41) is 37.9. The van der Waals surface area contributed by atoms with Crippen molar-refractivity contribution >= 4 is 5.78 Å². The van der Waals surface area contributed by atoms with Gasteiger partial charge >= 0.3 is 0 Å². The molecule has 2 aromatic carbocycles. The summed E-state index contributed by atoms with van der Waals surface area (Å²) < 4.78 is 0. The van der Waals surface area contributed by atoms with Gasteiger partial charge in [0.25, 0.3) is 0 Å². The third kappa shape index (κ3) is 2.06. The Morgan fingerprint density at radius 2 is 1.53 bits per heavy atom. The first-order valence-electron chi connectivity index (χ1n) is 5.50. The zero-order chi connectivity index (χ0) is 14.2. The molecule has 0 spiro atoms. The zero-order valence-electron chi connectivity index (χ0n) is 10.1. The molecule has 0 fully saturated rings. The lowest BCUT2D eigenvalue weighted by Crippen LogP contribution is -2.04. The summed E-state index contributed by atoms with van der Waals surface area (Å²) in [4.78, 5) is 12.2. The van der Waals surface area contributed by atoms with E-state index in [1.807, 2.05) is 0 Å². The summed E-state index contributed by atoms with van der Waals surface area (Å²) >= 11 is 0. The summed E-state index contributed by atoms with van der Waals surface area (Å²) in [5.74, 6) is -2.53. The Hall–Kier alpha value is -2.69. The van der Waals surface area contributed by atoms with Gasteiger partial charge in [0.15, 0.2) is 17.3 Å². The van der Waals surface area contributed by atoms with Crippen molar-refractivity contribution in [2.45, 2.75) is 6.92 Å². The number of hydrogen-bond donors (Lipinski definition) is 4. The number of phenolic OH excluding ortho intramolecular Hbond substituents is 4. The van der Waals surface area contributed by atoms with Gasteiger partial charge in [-0.2, -0.15) is 0 Å². The van der Waals surface area contributed by atoms with Gasteiger partial charge in [-0.15, -0.1) is 0 Å². The minimum Gasteiger partial charge on any atom is -0.508 e. The molecule has 0 aliphatic carbocycles.